The molecule has 1 fully saturated rings. The zero-order valence-electron chi connectivity index (χ0n) is 12.8. The summed E-state index contributed by atoms with van der Waals surface area (Å²) >= 11 is 0. The summed E-state index contributed by atoms with van der Waals surface area (Å²) in [6.07, 6.45) is 4.13. The number of likely N-dealkylation sites (tertiary alicyclic amines) is 1. The molecule has 116 valence electrons. The summed E-state index contributed by atoms with van der Waals surface area (Å²) in [5.74, 6) is 0.768. The molecule has 1 atom stereocenters. The zero-order chi connectivity index (χ0) is 15.1. The molecule has 1 aromatic carbocycles. The molecule has 0 amide bonds. The van der Waals surface area contributed by atoms with Crippen molar-refractivity contribution in [1.29, 1.82) is 0 Å². The first-order valence-corrected chi connectivity index (χ1v) is 7.86. The van der Waals surface area contributed by atoms with Gasteiger partial charge in [-0.15, -0.1) is 0 Å². The summed E-state index contributed by atoms with van der Waals surface area (Å²) in [7, 11) is 0. The van der Waals surface area contributed by atoms with E-state index in [9.17, 15) is 4.79 Å². The molecule has 1 aliphatic heterocycles. The molecule has 4 nitrogen and oxygen atoms in total. The van der Waals surface area contributed by atoms with Crippen LogP contribution in [-0.4, -0.2) is 48.1 Å². The summed E-state index contributed by atoms with van der Waals surface area (Å²) < 4.78 is 5.54. The van der Waals surface area contributed by atoms with Crippen LogP contribution < -0.4 is 4.74 Å². The molecular weight excluding hydrogens is 266 g/mol. The molecule has 1 N–H and O–H groups in total. The molecule has 0 aliphatic carbocycles. The van der Waals surface area contributed by atoms with Gasteiger partial charge in [-0.1, -0.05) is 18.6 Å². The Morgan fingerprint density at radius 2 is 2.19 bits per heavy atom. The van der Waals surface area contributed by atoms with E-state index in [1.54, 1.807) is 0 Å². The minimum atomic E-state index is 0.101. The summed E-state index contributed by atoms with van der Waals surface area (Å²) in [6.45, 7) is 4.01. The summed E-state index contributed by atoms with van der Waals surface area (Å²) in [4.78, 5) is 14.8. The van der Waals surface area contributed by atoms with E-state index in [4.69, 9.17) is 9.84 Å². The van der Waals surface area contributed by atoms with Gasteiger partial charge in [-0.3, -0.25) is 9.69 Å². The quantitative estimate of drug-likeness (QED) is 0.784. The Morgan fingerprint density at radius 3 is 2.95 bits per heavy atom. The lowest BCUT2D eigenvalue weighted by molar-refractivity contribution is 0.0796. The lowest BCUT2D eigenvalue weighted by Crippen LogP contribution is -2.43. The van der Waals surface area contributed by atoms with Crippen molar-refractivity contribution in [1.82, 2.24) is 4.90 Å². The van der Waals surface area contributed by atoms with Gasteiger partial charge in [0.25, 0.3) is 0 Å². The number of ketones is 1. The van der Waals surface area contributed by atoms with Crippen LogP contribution in [0, 0.1) is 0 Å². The number of rotatable bonds is 7. The van der Waals surface area contributed by atoms with Gasteiger partial charge in [0.1, 0.15) is 5.75 Å². The molecule has 0 aromatic heterocycles. The van der Waals surface area contributed by atoms with Crippen LogP contribution in [0.4, 0.5) is 0 Å². The van der Waals surface area contributed by atoms with E-state index in [1.807, 2.05) is 31.2 Å². The Balaban J connectivity index is 2.06. The van der Waals surface area contributed by atoms with Crippen LogP contribution in [0.1, 0.15) is 43.0 Å². The number of carbonyl (C=O) groups excluding carboxylic acids is 1. The van der Waals surface area contributed by atoms with Crippen molar-refractivity contribution >= 4 is 5.78 Å². The standard InChI is InChI=1S/C17H25NO3/c1-2-21-17-9-4-3-8-15(17)16(20)13-18-11-6-5-7-14(18)10-12-19/h3-4,8-9,14,19H,2,5-7,10-13H2,1H3. The minimum Gasteiger partial charge on any atom is -0.493 e. The smallest absolute Gasteiger partial charge is 0.180 e. The summed E-state index contributed by atoms with van der Waals surface area (Å²) in [5.41, 5.74) is 0.660. The maximum absolute atomic E-state index is 12.6. The van der Waals surface area contributed by atoms with Gasteiger partial charge in [-0.05, 0) is 44.9 Å². The van der Waals surface area contributed by atoms with Crippen LogP contribution in [-0.2, 0) is 0 Å². The first-order chi connectivity index (χ1) is 10.3. The number of aliphatic hydroxyl groups excluding tert-OH is 1. The lowest BCUT2D eigenvalue weighted by Gasteiger charge is -2.35. The third-order valence-electron chi connectivity index (χ3n) is 4.05. The van der Waals surface area contributed by atoms with Gasteiger partial charge in [0.2, 0.25) is 0 Å². The molecular formula is C17H25NO3. The molecule has 1 unspecified atom stereocenters. The first kappa shape index (κ1) is 16.0. The van der Waals surface area contributed by atoms with Crippen LogP contribution in [0.15, 0.2) is 24.3 Å². The van der Waals surface area contributed by atoms with Crippen LogP contribution in [0.5, 0.6) is 5.75 Å². The highest BCUT2D eigenvalue weighted by atomic mass is 16.5. The fraction of sp³-hybridized carbons (Fsp3) is 0.588. The highest BCUT2D eigenvalue weighted by Gasteiger charge is 2.25. The molecule has 1 heterocycles. The Labute approximate surface area is 126 Å². The van der Waals surface area contributed by atoms with Gasteiger partial charge in [0.05, 0.1) is 18.7 Å². The maximum atomic E-state index is 12.6. The average molecular weight is 291 g/mol. The number of para-hydroxylation sites is 1. The number of carbonyl (C=O) groups is 1. The van der Waals surface area contributed by atoms with E-state index in [2.05, 4.69) is 4.90 Å². The predicted octanol–water partition coefficient (Wildman–Crippen LogP) is 2.50. The molecule has 0 bridgehead atoms. The Morgan fingerprint density at radius 1 is 1.38 bits per heavy atom. The van der Waals surface area contributed by atoms with Crippen molar-refractivity contribution < 1.29 is 14.6 Å². The van der Waals surface area contributed by atoms with Crippen molar-refractivity contribution in [3.05, 3.63) is 29.8 Å². The van der Waals surface area contributed by atoms with Gasteiger partial charge >= 0.3 is 0 Å². The topological polar surface area (TPSA) is 49.8 Å². The fourth-order valence-electron chi connectivity index (χ4n) is 2.99. The highest BCUT2D eigenvalue weighted by Crippen LogP contribution is 2.23. The van der Waals surface area contributed by atoms with Crippen LogP contribution in [0.25, 0.3) is 0 Å². The highest BCUT2D eigenvalue weighted by molar-refractivity contribution is 6.00. The molecule has 1 saturated heterocycles. The minimum absolute atomic E-state index is 0.101. The monoisotopic (exact) mass is 291 g/mol. The van der Waals surface area contributed by atoms with Crippen LogP contribution in [0.2, 0.25) is 0 Å². The third-order valence-corrected chi connectivity index (χ3v) is 4.05. The number of benzene rings is 1. The van der Waals surface area contributed by atoms with Gasteiger partial charge < -0.3 is 9.84 Å². The Hall–Kier alpha value is -1.39. The van der Waals surface area contributed by atoms with E-state index in [1.165, 1.54) is 6.42 Å². The van der Waals surface area contributed by atoms with Gasteiger partial charge in [0, 0.05) is 12.6 Å². The summed E-state index contributed by atoms with van der Waals surface area (Å²) in [6, 6.07) is 7.76. The fourth-order valence-corrected chi connectivity index (χ4v) is 2.99. The SMILES string of the molecule is CCOc1ccccc1C(=O)CN1CCCCC1CCO. The maximum Gasteiger partial charge on any atom is 0.180 e. The largest absolute Gasteiger partial charge is 0.493 e. The molecule has 21 heavy (non-hydrogen) atoms. The number of aliphatic hydroxyl groups is 1. The van der Waals surface area contributed by atoms with Crippen molar-refractivity contribution in [3.8, 4) is 5.75 Å². The van der Waals surface area contributed by atoms with Crippen molar-refractivity contribution in [3.63, 3.8) is 0 Å². The van der Waals surface area contributed by atoms with Crippen molar-refractivity contribution in [2.75, 3.05) is 26.3 Å². The number of piperidine rings is 1. The van der Waals surface area contributed by atoms with E-state index in [-0.39, 0.29) is 12.4 Å². The molecule has 0 radical (unpaired) electrons. The summed E-state index contributed by atoms with van der Waals surface area (Å²) in [5, 5.41) is 9.17. The average Bonchev–Trinajstić information content (AvgIpc) is 2.50. The Kier molecular flexibility index (Phi) is 6.21. The molecule has 1 aliphatic rings. The predicted molar refractivity (Wildman–Crippen MR) is 82.9 cm³/mol. The van der Waals surface area contributed by atoms with Gasteiger partial charge in [-0.25, -0.2) is 0 Å². The van der Waals surface area contributed by atoms with Crippen LogP contribution >= 0.6 is 0 Å². The van der Waals surface area contributed by atoms with E-state index >= 15 is 0 Å². The molecule has 4 heteroatoms. The molecule has 1 aromatic rings. The normalized spacial score (nSPS) is 19.4. The van der Waals surface area contributed by atoms with Crippen molar-refractivity contribution in [2.24, 2.45) is 0 Å². The van der Waals surface area contributed by atoms with E-state index < -0.39 is 0 Å². The van der Waals surface area contributed by atoms with E-state index in [0.717, 1.165) is 25.8 Å². The molecule has 2 rings (SSSR count). The number of hydrogen-bond donors (Lipinski definition) is 1. The van der Waals surface area contributed by atoms with Crippen molar-refractivity contribution in [2.45, 2.75) is 38.6 Å². The second kappa shape index (κ2) is 8.15. The molecule has 0 spiro atoms. The molecule has 0 saturated carbocycles. The first-order valence-electron chi connectivity index (χ1n) is 7.86. The van der Waals surface area contributed by atoms with E-state index in [0.29, 0.717) is 30.5 Å². The second-order valence-electron chi connectivity index (χ2n) is 5.48. The second-order valence-corrected chi connectivity index (χ2v) is 5.48. The third kappa shape index (κ3) is 4.29. The number of nitrogens with zero attached hydrogens (tertiary/aromatic N) is 1. The lowest BCUT2D eigenvalue weighted by atomic mass is 9.98. The van der Waals surface area contributed by atoms with Gasteiger partial charge in [0.15, 0.2) is 5.78 Å². The Bertz CT molecular complexity index is 459. The van der Waals surface area contributed by atoms with Gasteiger partial charge in [-0.2, -0.15) is 0 Å². The number of ether oxygens (including phenoxy) is 1. The number of hydrogen-bond acceptors (Lipinski definition) is 4. The zero-order valence-corrected chi connectivity index (χ0v) is 12.8. The number of Topliss-reactive ketones (excluding diaryl/α,β-unsaturated/α-hetero) is 1. The van der Waals surface area contributed by atoms with Crippen LogP contribution in [0.3, 0.4) is 0 Å².